The van der Waals surface area contributed by atoms with Gasteiger partial charge in [0.05, 0.1) is 5.75 Å². The zero-order valence-electron chi connectivity index (χ0n) is 14.6. The minimum atomic E-state index is -3.55. The Kier molecular flexibility index (Phi) is 5.69. The number of primary sulfonamides is 1. The van der Waals surface area contributed by atoms with Crippen LogP contribution in [0.4, 0.5) is 0 Å². The highest BCUT2D eigenvalue weighted by Crippen LogP contribution is 2.23. The summed E-state index contributed by atoms with van der Waals surface area (Å²) in [4.78, 5) is 12.7. The molecule has 6 heteroatoms. The average molecular weight is 380 g/mol. The van der Waals surface area contributed by atoms with Crippen molar-refractivity contribution in [2.45, 2.75) is 12.3 Å². The van der Waals surface area contributed by atoms with Crippen molar-refractivity contribution in [3.63, 3.8) is 0 Å². The fourth-order valence-corrected chi connectivity index (χ4v) is 3.47. The molecule has 0 aliphatic heterocycles. The number of carbonyl (C=O) groups excluding carboxylic acids is 1. The van der Waals surface area contributed by atoms with Gasteiger partial charge in [-0.05, 0) is 28.3 Å². The smallest absolute Gasteiger partial charge is 0.252 e. The van der Waals surface area contributed by atoms with E-state index < -0.39 is 10.0 Å². The summed E-state index contributed by atoms with van der Waals surface area (Å²) in [5.74, 6) is -0.368. The predicted molar refractivity (Wildman–Crippen MR) is 106 cm³/mol. The van der Waals surface area contributed by atoms with Crippen molar-refractivity contribution in [1.82, 2.24) is 5.32 Å². The van der Waals surface area contributed by atoms with Crippen LogP contribution in [0, 0.1) is 0 Å². The first-order chi connectivity index (χ1) is 12.9. The van der Waals surface area contributed by atoms with Gasteiger partial charge in [-0.15, -0.1) is 0 Å². The Bertz CT molecular complexity index is 1030. The van der Waals surface area contributed by atoms with Gasteiger partial charge in [0.15, 0.2) is 0 Å². The number of nitrogens with two attached hydrogens (primary N) is 1. The number of amides is 1. The second-order valence-corrected chi connectivity index (χ2v) is 7.83. The van der Waals surface area contributed by atoms with E-state index in [4.69, 9.17) is 5.14 Å². The van der Waals surface area contributed by atoms with Crippen LogP contribution in [-0.2, 0) is 22.3 Å². The van der Waals surface area contributed by atoms with E-state index in [-0.39, 0.29) is 11.7 Å². The Morgan fingerprint density at radius 3 is 2.07 bits per heavy atom. The first-order valence-electron chi connectivity index (χ1n) is 8.43. The van der Waals surface area contributed by atoms with Crippen LogP contribution in [0.2, 0.25) is 0 Å². The normalized spacial score (nSPS) is 11.1. The van der Waals surface area contributed by atoms with Crippen molar-refractivity contribution in [2.24, 2.45) is 5.14 Å². The Morgan fingerprint density at radius 2 is 1.41 bits per heavy atom. The van der Waals surface area contributed by atoms with Crippen LogP contribution in [-0.4, -0.2) is 14.3 Å². The van der Waals surface area contributed by atoms with Crippen LogP contribution in [0.3, 0.4) is 0 Å². The molecule has 0 bridgehead atoms. The molecule has 0 spiro atoms. The zero-order valence-corrected chi connectivity index (χ0v) is 15.4. The van der Waals surface area contributed by atoms with Gasteiger partial charge < -0.3 is 5.32 Å². The Morgan fingerprint density at radius 1 is 0.815 bits per heavy atom. The van der Waals surface area contributed by atoms with Gasteiger partial charge in [-0.2, -0.15) is 0 Å². The molecule has 27 heavy (non-hydrogen) atoms. The van der Waals surface area contributed by atoms with Crippen molar-refractivity contribution in [3.05, 3.63) is 95.6 Å². The molecule has 0 saturated carbocycles. The van der Waals surface area contributed by atoms with Crippen LogP contribution < -0.4 is 10.5 Å². The third kappa shape index (κ3) is 5.26. The molecule has 138 valence electrons. The Balaban J connectivity index is 1.70. The maximum atomic E-state index is 12.7. The lowest BCUT2D eigenvalue weighted by molar-refractivity contribution is 0.0951. The molecule has 1 amide bonds. The highest BCUT2D eigenvalue weighted by atomic mass is 32.2. The average Bonchev–Trinajstić information content (AvgIpc) is 2.67. The number of nitrogens with one attached hydrogen (secondary N) is 1. The molecule has 0 atom stereocenters. The molecule has 0 saturated heterocycles. The maximum Gasteiger partial charge on any atom is 0.252 e. The van der Waals surface area contributed by atoms with Crippen molar-refractivity contribution in [2.75, 3.05) is 0 Å². The molecule has 3 rings (SSSR count). The van der Waals surface area contributed by atoms with Crippen LogP contribution in [0.25, 0.3) is 11.1 Å². The summed E-state index contributed by atoms with van der Waals surface area (Å²) in [7, 11) is -3.55. The summed E-state index contributed by atoms with van der Waals surface area (Å²) < 4.78 is 22.3. The number of hydrogen-bond acceptors (Lipinski definition) is 3. The van der Waals surface area contributed by atoms with E-state index in [1.165, 1.54) is 0 Å². The molecule has 0 heterocycles. The molecule has 0 aliphatic rings. The minimum Gasteiger partial charge on any atom is -0.348 e. The lowest BCUT2D eigenvalue weighted by Gasteiger charge is -2.11. The fourth-order valence-electron chi connectivity index (χ4n) is 2.81. The van der Waals surface area contributed by atoms with Crippen LogP contribution in [0.15, 0.2) is 78.9 Å². The summed E-state index contributed by atoms with van der Waals surface area (Å²) >= 11 is 0. The van der Waals surface area contributed by atoms with E-state index in [9.17, 15) is 13.2 Å². The molecule has 0 aliphatic carbocycles. The van der Waals surface area contributed by atoms with Gasteiger partial charge in [0, 0.05) is 12.1 Å². The Hall–Kier alpha value is -2.96. The molecule has 3 aromatic carbocycles. The van der Waals surface area contributed by atoms with Crippen molar-refractivity contribution in [1.29, 1.82) is 0 Å². The van der Waals surface area contributed by atoms with Crippen molar-refractivity contribution >= 4 is 15.9 Å². The highest BCUT2D eigenvalue weighted by Gasteiger charge is 2.12. The predicted octanol–water partition coefficient (Wildman–Crippen LogP) is 3.07. The minimum absolute atomic E-state index is 0.164. The van der Waals surface area contributed by atoms with Gasteiger partial charge >= 0.3 is 0 Å². The van der Waals surface area contributed by atoms with E-state index >= 15 is 0 Å². The third-order valence-corrected chi connectivity index (χ3v) is 4.84. The maximum absolute atomic E-state index is 12.7. The van der Waals surface area contributed by atoms with E-state index in [2.05, 4.69) is 5.32 Å². The molecular formula is C21H20N2O3S. The van der Waals surface area contributed by atoms with Gasteiger partial charge in [0.2, 0.25) is 10.0 Å². The van der Waals surface area contributed by atoms with Gasteiger partial charge in [0.1, 0.15) is 0 Å². The summed E-state index contributed by atoms with van der Waals surface area (Å²) in [6, 6.07) is 24.2. The van der Waals surface area contributed by atoms with E-state index in [1.54, 1.807) is 30.3 Å². The molecular weight excluding hydrogens is 360 g/mol. The largest absolute Gasteiger partial charge is 0.348 e. The number of benzene rings is 3. The van der Waals surface area contributed by atoms with Gasteiger partial charge in [-0.1, -0.05) is 72.8 Å². The van der Waals surface area contributed by atoms with E-state index in [1.807, 2.05) is 48.5 Å². The van der Waals surface area contributed by atoms with Crippen LogP contribution in [0.1, 0.15) is 21.5 Å². The standard InChI is InChI=1S/C21H20N2O3S/c22-27(25,26)15-17-12-10-16(11-13-17)14-23-21(24)20-9-5-4-8-19(20)18-6-2-1-3-7-18/h1-13H,14-15H2,(H,23,24)(H2,22,25,26). The second-order valence-electron chi connectivity index (χ2n) is 6.22. The summed E-state index contributed by atoms with van der Waals surface area (Å²) in [6.45, 7) is 0.345. The molecule has 0 aromatic heterocycles. The van der Waals surface area contributed by atoms with Crippen molar-refractivity contribution < 1.29 is 13.2 Å². The van der Waals surface area contributed by atoms with Crippen molar-refractivity contribution in [3.8, 4) is 11.1 Å². The zero-order chi connectivity index (χ0) is 19.3. The summed E-state index contributed by atoms with van der Waals surface area (Å²) in [5.41, 5.74) is 3.95. The lowest BCUT2D eigenvalue weighted by atomic mass is 9.99. The fraction of sp³-hybridized carbons (Fsp3) is 0.0952. The quantitative estimate of drug-likeness (QED) is 0.689. The van der Waals surface area contributed by atoms with Crippen LogP contribution in [0.5, 0.6) is 0 Å². The number of carbonyl (C=O) groups is 1. The number of sulfonamides is 1. The molecule has 0 unspecified atom stereocenters. The first-order valence-corrected chi connectivity index (χ1v) is 10.1. The van der Waals surface area contributed by atoms with Crippen LogP contribution >= 0.6 is 0 Å². The van der Waals surface area contributed by atoms with Gasteiger partial charge in [-0.25, -0.2) is 13.6 Å². The molecule has 0 fully saturated rings. The topological polar surface area (TPSA) is 89.3 Å². The molecule has 0 radical (unpaired) electrons. The molecule has 5 nitrogen and oxygen atoms in total. The summed E-state index contributed by atoms with van der Waals surface area (Å²) in [5, 5.41) is 7.96. The lowest BCUT2D eigenvalue weighted by Crippen LogP contribution is -2.23. The highest BCUT2D eigenvalue weighted by molar-refractivity contribution is 7.88. The second kappa shape index (κ2) is 8.16. The SMILES string of the molecule is NS(=O)(=O)Cc1ccc(CNC(=O)c2ccccc2-c2ccccc2)cc1. The molecule has 3 aromatic rings. The number of rotatable bonds is 6. The van der Waals surface area contributed by atoms with Gasteiger partial charge in [0.25, 0.3) is 5.91 Å². The Labute approximate surface area is 158 Å². The van der Waals surface area contributed by atoms with Gasteiger partial charge in [-0.3, -0.25) is 4.79 Å². The monoisotopic (exact) mass is 380 g/mol. The summed E-state index contributed by atoms with van der Waals surface area (Å²) in [6.07, 6.45) is 0. The first kappa shape index (κ1) is 18.8. The number of hydrogen-bond donors (Lipinski definition) is 2. The van der Waals surface area contributed by atoms with E-state index in [0.29, 0.717) is 17.7 Å². The molecule has 3 N–H and O–H groups in total. The third-order valence-electron chi connectivity index (χ3n) is 4.10. The van der Waals surface area contributed by atoms with E-state index in [0.717, 1.165) is 16.7 Å².